The molecule has 1 fully saturated rings. The molecule has 1 unspecified atom stereocenters. The van der Waals surface area contributed by atoms with E-state index in [0.717, 1.165) is 11.1 Å². The first-order valence-electron chi connectivity index (χ1n) is 8.51. The van der Waals surface area contributed by atoms with Crippen LogP contribution in [0.25, 0.3) is 11.1 Å². The van der Waals surface area contributed by atoms with Gasteiger partial charge in [0.05, 0.1) is 11.6 Å². The number of nitrogens with zero attached hydrogens (tertiary/aromatic N) is 1. The van der Waals surface area contributed by atoms with Gasteiger partial charge in [-0.3, -0.25) is 4.98 Å². The third kappa shape index (κ3) is 3.48. The molecule has 0 radical (unpaired) electrons. The van der Waals surface area contributed by atoms with Crippen LogP contribution in [-0.4, -0.2) is 35.6 Å². The Bertz CT molecular complexity index is 964. The summed E-state index contributed by atoms with van der Waals surface area (Å²) in [4.78, 5) is 28.0. The van der Waals surface area contributed by atoms with E-state index in [-0.39, 0.29) is 18.7 Å². The van der Waals surface area contributed by atoms with Crippen molar-refractivity contribution >= 4 is 17.2 Å². The van der Waals surface area contributed by atoms with Crippen molar-refractivity contribution in [2.45, 2.75) is 12.6 Å². The van der Waals surface area contributed by atoms with Gasteiger partial charge in [0.2, 0.25) is 0 Å². The molecule has 1 saturated heterocycles. The minimum absolute atomic E-state index is 0.0439. The molecule has 1 aromatic heterocycles. The second-order valence-corrected chi connectivity index (χ2v) is 6.26. The summed E-state index contributed by atoms with van der Waals surface area (Å²) in [6, 6.07) is 15.1. The zero-order chi connectivity index (χ0) is 17.9. The second kappa shape index (κ2) is 7.05. The summed E-state index contributed by atoms with van der Waals surface area (Å²) >= 11 is 0. The molecule has 26 heavy (non-hydrogen) atoms. The van der Waals surface area contributed by atoms with E-state index in [1.165, 1.54) is 0 Å². The molecule has 134 valence electrons. The Morgan fingerprint density at radius 1 is 1.23 bits per heavy atom. The van der Waals surface area contributed by atoms with Crippen molar-refractivity contribution in [1.82, 2.24) is 15.2 Å². The number of aromatic nitrogens is 1. The van der Waals surface area contributed by atoms with Crippen LogP contribution in [-0.2, 0) is 11.3 Å². The third-order valence-corrected chi connectivity index (χ3v) is 4.49. The number of piperazine rings is 1. The maximum atomic E-state index is 12.4. The molecular formula is C19H19N3O4. The molecule has 7 nitrogen and oxygen atoms in total. The monoisotopic (exact) mass is 353 g/mol. The Morgan fingerprint density at radius 3 is 2.92 bits per heavy atom. The summed E-state index contributed by atoms with van der Waals surface area (Å²) in [5.41, 5.74) is 3.09. The predicted octanol–water partition coefficient (Wildman–Crippen LogP) is 2.40. The first-order valence-corrected chi connectivity index (χ1v) is 8.51. The number of rotatable bonds is 3. The molecule has 1 amide bonds. The Hall–Kier alpha value is -3.06. The molecule has 2 N–H and O–H groups in total. The highest BCUT2D eigenvalue weighted by atomic mass is 16.6. The summed E-state index contributed by atoms with van der Waals surface area (Å²) in [7, 11) is 0. The first-order chi connectivity index (χ1) is 12.7. The summed E-state index contributed by atoms with van der Waals surface area (Å²) < 4.78 is 10.5. The van der Waals surface area contributed by atoms with Crippen LogP contribution in [0.2, 0.25) is 0 Å². The van der Waals surface area contributed by atoms with E-state index in [2.05, 4.69) is 10.3 Å². The van der Waals surface area contributed by atoms with Crippen LogP contribution in [0.5, 0.6) is 0 Å². The van der Waals surface area contributed by atoms with Crippen LogP contribution in [0.1, 0.15) is 17.2 Å². The standard InChI is InChI=1S/C19H19N3O4/c23-18-21-15-7-6-14(10-17(15)26-18)16-11-22(9-8-20-16)19(24)25-12-13-4-2-1-3-5-13/h1-7,10,16,20H,8-9,11-12H2,(H,21,23). The van der Waals surface area contributed by atoms with Gasteiger partial charge in [0.15, 0.2) is 5.58 Å². The zero-order valence-corrected chi connectivity index (χ0v) is 14.1. The number of hydrogen-bond acceptors (Lipinski definition) is 5. The number of aromatic amines is 1. The van der Waals surface area contributed by atoms with Crippen LogP contribution < -0.4 is 11.1 Å². The van der Waals surface area contributed by atoms with E-state index in [1.54, 1.807) is 4.90 Å². The van der Waals surface area contributed by atoms with E-state index in [4.69, 9.17) is 9.15 Å². The number of fused-ring (bicyclic) bond motifs is 1. The lowest BCUT2D eigenvalue weighted by Crippen LogP contribution is -2.48. The lowest BCUT2D eigenvalue weighted by Gasteiger charge is -2.33. The molecule has 1 aliphatic rings. The number of ether oxygens (including phenoxy) is 1. The summed E-state index contributed by atoms with van der Waals surface area (Å²) in [6.07, 6.45) is -0.324. The van der Waals surface area contributed by atoms with Crippen LogP contribution >= 0.6 is 0 Å². The molecular weight excluding hydrogens is 334 g/mol. The maximum absolute atomic E-state index is 12.4. The molecule has 7 heteroatoms. The molecule has 1 atom stereocenters. The maximum Gasteiger partial charge on any atom is 0.417 e. The van der Waals surface area contributed by atoms with E-state index < -0.39 is 5.76 Å². The number of hydrogen-bond donors (Lipinski definition) is 2. The largest absolute Gasteiger partial charge is 0.445 e. The van der Waals surface area contributed by atoms with E-state index in [1.807, 2.05) is 48.5 Å². The van der Waals surface area contributed by atoms with Gasteiger partial charge in [0.1, 0.15) is 6.61 Å². The van der Waals surface area contributed by atoms with Crippen molar-refractivity contribution in [3.63, 3.8) is 0 Å². The summed E-state index contributed by atoms with van der Waals surface area (Å²) in [5.74, 6) is -0.472. The van der Waals surface area contributed by atoms with Crippen molar-refractivity contribution in [3.8, 4) is 0 Å². The van der Waals surface area contributed by atoms with E-state index in [0.29, 0.717) is 30.7 Å². The van der Waals surface area contributed by atoms with Gasteiger partial charge in [-0.05, 0) is 23.3 Å². The average Bonchev–Trinajstić information content (AvgIpc) is 3.06. The quantitative estimate of drug-likeness (QED) is 0.755. The molecule has 1 aliphatic heterocycles. The lowest BCUT2D eigenvalue weighted by molar-refractivity contribution is 0.0850. The van der Waals surface area contributed by atoms with Crippen molar-refractivity contribution < 1.29 is 13.9 Å². The smallest absolute Gasteiger partial charge is 0.417 e. The Morgan fingerprint density at radius 2 is 2.08 bits per heavy atom. The summed E-state index contributed by atoms with van der Waals surface area (Å²) in [6.45, 7) is 2.01. The fraction of sp³-hybridized carbons (Fsp3) is 0.263. The van der Waals surface area contributed by atoms with Crippen molar-refractivity contribution in [1.29, 1.82) is 0 Å². The molecule has 4 rings (SSSR count). The van der Waals surface area contributed by atoms with Crippen molar-refractivity contribution in [3.05, 3.63) is 70.2 Å². The number of benzene rings is 2. The topological polar surface area (TPSA) is 87.6 Å². The van der Waals surface area contributed by atoms with Gasteiger partial charge < -0.3 is 19.4 Å². The summed E-state index contributed by atoms with van der Waals surface area (Å²) in [5, 5.41) is 3.39. The first kappa shape index (κ1) is 16.4. The number of carbonyl (C=O) groups excluding carboxylic acids is 1. The van der Waals surface area contributed by atoms with Gasteiger partial charge in [-0.2, -0.15) is 0 Å². The molecule has 3 aromatic rings. The predicted molar refractivity (Wildman–Crippen MR) is 95.8 cm³/mol. The van der Waals surface area contributed by atoms with Gasteiger partial charge in [-0.25, -0.2) is 9.59 Å². The average molecular weight is 353 g/mol. The molecule has 0 spiro atoms. The number of oxazole rings is 1. The number of amides is 1. The number of nitrogens with one attached hydrogen (secondary N) is 2. The zero-order valence-electron chi connectivity index (χ0n) is 14.1. The Kier molecular flexibility index (Phi) is 4.45. The van der Waals surface area contributed by atoms with Crippen LogP contribution in [0.3, 0.4) is 0 Å². The van der Waals surface area contributed by atoms with Gasteiger partial charge in [-0.1, -0.05) is 36.4 Å². The second-order valence-electron chi connectivity index (χ2n) is 6.26. The highest BCUT2D eigenvalue weighted by Crippen LogP contribution is 2.21. The normalized spacial score (nSPS) is 17.4. The van der Waals surface area contributed by atoms with E-state index >= 15 is 0 Å². The fourth-order valence-electron chi connectivity index (χ4n) is 3.13. The van der Waals surface area contributed by atoms with Crippen molar-refractivity contribution in [2.24, 2.45) is 0 Å². The minimum atomic E-state index is -0.472. The fourth-order valence-corrected chi connectivity index (χ4v) is 3.13. The number of carbonyl (C=O) groups is 1. The highest BCUT2D eigenvalue weighted by molar-refractivity contribution is 5.73. The van der Waals surface area contributed by atoms with Crippen molar-refractivity contribution in [2.75, 3.05) is 19.6 Å². The molecule has 0 bridgehead atoms. The Labute approximate surface area is 149 Å². The van der Waals surface area contributed by atoms with Gasteiger partial charge in [0, 0.05) is 19.6 Å². The van der Waals surface area contributed by atoms with E-state index in [9.17, 15) is 9.59 Å². The lowest BCUT2D eigenvalue weighted by atomic mass is 10.0. The van der Waals surface area contributed by atoms with Crippen LogP contribution in [0.15, 0.2) is 57.7 Å². The van der Waals surface area contributed by atoms with Gasteiger partial charge in [-0.15, -0.1) is 0 Å². The number of H-pyrrole nitrogens is 1. The Balaban J connectivity index is 1.42. The molecule has 0 saturated carbocycles. The van der Waals surface area contributed by atoms with Crippen LogP contribution in [0, 0.1) is 0 Å². The van der Waals surface area contributed by atoms with Gasteiger partial charge >= 0.3 is 11.8 Å². The third-order valence-electron chi connectivity index (χ3n) is 4.49. The van der Waals surface area contributed by atoms with Crippen LogP contribution in [0.4, 0.5) is 4.79 Å². The molecule has 0 aliphatic carbocycles. The molecule has 2 aromatic carbocycles. The minimum Gasteiger partial charge on any atom is -0.445 e. The highest BCUT2D eigenvalue weighted by Gasteiger charge is 2.25. The van der Waals surface area contributed by atoms with Gasteiger partial charge in [0.25, 0.3) is 0 Å². The SMILES string of the molecule is O=C(OCc1ccccc1)N1CCNC(c2ccc3[nH]c(=O)oc3c2)C1. The molecule has 2 heterocycles.